The highest BCUT2D eigenvalue weighted by molar-refractivity contribution is 7.18. The number of likely N-dealkylation sites (tertiary alicyclic amines) is 1. The second kappa shape index (κ2) is 5.58. The van der Waals surface area contributed by atoms with Gasteiger partial charge in [0.05, 0.1) is 10.7 Å². The van der Waals surface area contributed by atoms with Gasteiger partial charge in [0.2, 0.25) is 0 Å². The van der Waals surface area contributed by atoms with E-state index in [0.717, 1.165) is 11.5 Å². The number of amides is 1. The highest BCUT2D eigenvalue weighted by Gasteiger charge is 2.21. The van der Waals surface area contributed by atoms with Crippen molar-refractivity contribution in [1.29, 1.82) is 0 Å². The van der Waals surface area contributed by atoms with Crippen LogP contribution in [0.2, 0.25) is 0 Å². The van der Waals surface area contributed by atoms with E-state index in [9.17, 15) is 4.79 Å². The first-order chi connectivity index (χ1) is 8.61. The van der Waals surface area contributed by atoms with Crippen molar-refractivity contribution in [2.75, 3.05) is 38.2 Å². The molecule has 0 spiro atoms. The predicted octanol–water partition coefficient (Wildman–Crippen LogP) is 1.20. The minimum absolute atomic E-state index is 0.122. The van der Waals surface area contributed by atoms with Crippen LogP contribution in [0, 0.1) is 0 Å². The van der Waals surface area contributed by atoms with Crippen LogP contribution in [0.25, 0.3) is 0 Å². The molecule has 1 amide bonds. The van der Waals surface area contributed by atoms with Gasteiger partial charge in [-0.25, -0.2) is 0 Å². The zero-order valence-corrected chi connectivity index (χ0v) is 11.6. The van der Waals surface area contributed by atoms with Crippen LogP contribution in [0.4, 0.5) is 10.7 Å². The van der Waals surface area contributed by atoms with E-state index in [-0.39, 0.29) is 5.91 Å². The van der Waals surface area contributed by atoms with Crippen molar-refractivity contribution in [2.24, 2.45) is 0 Å². The molecule has 1 aromatic heterocycles. The summed E-state index contributed by atoms with van der Waals surface area (Å²) in [5.74, 6) is -0.122. The molecule has 1 fully saturated rings. The summed E-state index contributed by atoms with van der Waals surface area (Å²) in [7, 11) is 3.76. The number of anilines is 2. The Morgan fingerprint density at radius 3 is 3.06 bits per heavy atom. The number of nitrogen functional groups attached to an aromatic ring is 1. The summed E-state index contributed by atoms with van der Waals surface area (Å²) in [4.78, 5) is 14.5. The van der Waals surface area contributed by atoms with Gasteiger partial charge in [0.25, 0.3) is 5.91 Å². The van der Waals surface area contributed by atoms with Crippen LogP contribution < -0.4 is 16.4 Å². The summed E-state index contributed by atoms with van der Waals surface area (Å²) in [5, 5.41) is 6.93. The van der Waals surface area contributed by atoms with Crippen molar-refractivity contribution in [3.63, 3.8) is 0 Å². The third kappa shape index (κ3) is 2.76. The van der Waals surface area contributed by atoms with Gasteiger partial charge in [-0.3, -0.25) is 4.79 Å². The Morgan fingerprint density at radius 1 is 1.67 bits per heavy atom. The van der Waals surface area contributed by atoms with Gasteiger partial charge < -0.3 is 21.3 Å². The molecule has 2 rings (SSSR count). The van der Waals surface area contributed by atoms with Gasteiger partial charge in [0, 0.05) is 19.6 Å². The highest BCUT2D eigenvalue weighted by Crippen LogP contribution is 2.29. The summed E-state index contributed by atoms with van der Waals surface area (Å²) in [5.41, 5.74) is 6.37. The number of hydrogen-bond donors (Lipinski definition) is 3. The van der Waals surface area contributed by atoms with Gasteiger partial charge >= 0.3 is 0 Å². The maximum absolute atomic E-state index is 11.5. The molecule has 0 radical (unpaired) electrons. The monoisotopic (exact) mass is 268 g/mol. The molecule has 1 aromatic rings. The van der Waals surface area contributed by atoms with E-state index >= 15 is 0 Å². The number of carbonyl (C=O) groups is 1. The SMILES string of the molecule is CNC(=O)c1sc(NCC2CCCN2C)cc1N. The van der Waals surface area contributed by atoms with E-state index in [1.165, 1.54) is 30.7 Å². The molecule has 6 heteroatoms. The number of rotatable bonds is 4. The van der Waals surface area contributed by atoms with Gasteiger partial charge in [0.1, 0.15) is 4.88 Å². The lowest BCUT2D eigenvalue weighted by molar-refractivity contribution is 0.0968. The lowest BCUT2D eigenvalue weighted by Crippen LogP contribution is -2.31. The number of thiophene rings is 1. The van der Waals surface area contributed by atoms with Crippen LogP contribution in [-0.2, 0) is 0 Å². The van der Waals surface area contributed by atoms with Crippen LogP contribution in [-0.4, -0.2) is 44.0 Å². The average molecular weight is 268 g/mol. The number of carbonyl (C=O) groups excluding carboxylic acids is 1. The molecule has 1 saturated heterocycles. The first-order valence-corrected chi connectivity index (χ1v) is 6.99. The molecule has 0 aromatic carbocycles. The molecule has 5 nitrogen and oxygen atoms in total. The zero-order valence-electron chi connectivity index (χ0n) is 10.8. The topological polar surface area (TPSA) is 70.4 Å². The van der Waals surface area contributed by atoms with Crippen LogP contribution in [0.1, 0.15) is 22.5 Å². The number of nitrogens with two attached hydrogens (primary N) is 1. The van der Waals surface area contributed by atoms with E-state index in [2.05, 4.69) is 22.6 Å². The molecule has 1 unspecified atom stereocenters. The number of nitrogens with one attached hydrogen (secondary N) is 2. The average Bonchev–Trinajstić information content (AvgIpc) is 2.92. The van der Waals surface area contributed by atoms with Gasteiger partial charge in [0.15, 0.2) is 0 Å². The number of hydrogen-bond acceptors (Lipinski definition) is 5. The van der Waals surface area contributed by atoms with Gasteiger partial charge in [-0.15, -0.1) is 11.3 Å². The lowest BCUT2D eigenvalue weighted by Gasteiger charge is -2.19. The van der Waals surface area contributed by atoms with Crippen LogP contribution in [0.5, 0.6) is 0 Å². The van der Waals surface area contributed by atoms with Crippen LogP contribution in [0.15, 0.2) is 6.07 Å². The molecule has 0 aliphatic carbocycles. The smallest absolute Gasteiger partial charge is 0.263 e. The van der Waals surface area contributed by atoms with Crippen molar-refractivity contribution in [2.45, 2.75) is 18.9 Å². The number of likely N-dealkylation sites (N-methyl/N-ethyl adjacent to an activating group) is 1. The molecule has 0 saturated carbocycles. The van der Waals surface area contributed by atoms with Crippen molar-refractivity contribution in [3.05, 3.63) is 10.9 Å². The van der Waals surface area contributed by atoms with Crippen molar-refractivity contribution in [3.8, 4) is 0 Å². The number of nitrogens with zero attached hydrogens (tertiary/aromatic N) is 1. The maximum atomic E-state index is 11.5. The third-order valence-electron chi connectivity index (χ3n) is 3.38. The normalized spacial score (nSPS) is 20.0. The summed E-state index contributed by atoms with van der Waals surface area (Å²) in [6.45, 7) is 2.08. The van der Waals surface area contributed by atoms with E-state index in [1.54, 1.807) is 7.05 Å². The summed E-state index contributed by atoms with van der Waals surface area (Å²) >= 11 is 1.41. The molecule has 2 heterocycles. The van der Waals surface area contributed by atoms with Crippen LogP contribution >= 0.6 is 11.3 Å². The highest BCUT2D eigenvalue weighted by atomic mass is 32.1. The van der Waals surface area contributed by atoms with Crippen LogP contribution in [0.3, 0.4) is 0 Å². The predicted molar refractivity (Wildman–Crippen MR) is 76.3 cm³/mol. The van der Waals surface area contributed by atoms with E-state index in [4.69, 9.17) is 5.73 Å². The Labute approximate surface area is 111 Å². The van der Waals surface area contributed by atoms with Gasteiger partial charge in [-0.05, 0) is 32.5 Å². The van der Waals surface area contributed by atoms with Crippen molar-refractivity contribution < 1.29 is 4.79 Å². The Kier molecular flexibility index (Phi) is 4.08. The van der Waals surface area contributed by atoms with Crippen molar-refractivity contribution >= 4 is 27.9 Å². The second-order valence-electron chi connectivity index (χ2n) is 4.63. The Balaban J connectivity index is 1.95. The fourth-order valence-electron chi connectivity index (χ4n) is 2.24. The van der Waals surface area contributed by atoms with E-state index < -0.39 is 0 Å². The first kappa shape index (κ1) is 13.2. The molecular formula is C12H20N4OS. The summed E-state index contributed by atoms with van der Waals surface area (Å²) < 4.78 is 0. The Hall–Kier alpha value is -1.27. The Morgan fingerprint density at radius 2 is 2.44 bits per heavy atom. The summed E-state index contributed by atoms with van der Waals surface area (Å²) in [6.07, 6.45) is 2.49. The molecule has 4 N–H and O–H groups in total. The minimum Gasteiger partial charge on any atom is -0.397 e. The standard InChI is InChI=1S/C12H20N4OS/c1-14-12(17)11-9(13)6-10(18-11)15-7-8-4-3-5-16(8)2/h6,8,15H,3-5,7,13H2,1-2H3,(H,14,17). The molecule has 18 heavy (non-hydrogen) atoms. The molecule has 1 aliphatic heterocycles. The lowest BCUT2D eigenvalue weighted by atomic mass is 10.2. The van der Waals surface area contributed by atoms with E-state index in [1.807, 2.05) is 6.07 Å². The van der Waals surface area contributed by atoms with Gasteiger partial charge in [-0.1, -0.05) is 0 Å². The maximum Gasteiger partial charge on any atom is 0.263 e. The quantitative estimate of drug-likeness (QED) is 0.767. The van der Waals surface area contributed by atoms with Gasteiger partial charge in [-0.2, -0.15) is 0 Å². The summed E-state index contributed by atoms with van der Waals surface area (Å²) in [6, 6.07) is 2.42. The first-order valence-electron chi connectivity index (χ1n) is 6.17. The van der Waals surface area contributed by atoms with Crippen molar-refractivity contribution in [1.82, 2.24) is 10.2 Å². The fourth-order valence-corrected chi connectivity index (χ4v) is 3.17. The fraction of sp³-hybridized carbons (Fsp3) is 0.583. The van der Waals surface area contributed by atoms with E-state index in [0.29, 0.717) is 16.6 Å². The zero-order chi connectivity index (χ0) is 13.1. The Bertz CT molecular complexity index is 432. The molecule has 0 bridgehead atoms. The second-order valence-corrected chi connectivity index (χ2v) is 5.68. The largest absolute Gasteiger partial charge is 0.397 e. The molecule has 100 valence electrons. The molecule has 1 atom stereocenters. The molecule has 1 aliphatic rings. The minimum atomic E-state index is -0.122. The third-order valence-corrected chi connectivity index (χ3v) is 4.48. The molecular weight excluding hydrogens is 248 g/mol.